The van der Waals surface area contributed by atoms with Crippen molar-refractivity contribution in [2.45, 2.75) is 4.90 Å². The van der Waals surface area contributed by atoms with Crippen molar-refractivity contribution in [3.05, 3.63) is 52.1 Å². The second-order valence-corrected chi connectivity index (χ2v) is 6.91. The maximum Gasteiger partial charge on any atom is 0.242 e. The van der Waals surface area contributed by atoms with Crippen LogP contribution in [0.2, 0.25) is 10.0 Å². The van der Waals surface area contributed by atoms with E-state index >= 15 is 0 Å². The Morgan fingerprint density at radius 2 is 1.96 bits per heavy atom. The van der Waals surface area contributed by atoms with Gasteiger partial charge in [-0.05, 0) is 24.3 Å². The Morgan fingerprint density at radius 3 is 2.70 bits per heavy atom. The summed E-state index contributed by atoms with van der Waals surface area (Å²) in [6.45, 7) is 0.343. The van der Waals surface area contributed by atoms with Crippen LogP contribution < -0.4 is 10.0 Å². The maximum atomic E-state index is 12.2. The lowest BCUT2D eigenvalue weighted by Crippen LogP contribution is -2.29. The van der Waals surface area contributed by atoms with E-state index in [9.17, 15) is 8.42 Å². The molecule has 2 aromatic rings. The van der Waals surface area contributed by atoms with Crippen molar-refractivity contribution in [2.75, 3.05) is 18.4 Å². The van der Waals surface area contributed by atoms with Gasteiger partial charge in [0.25, 0.3) is 0 Å². The van der Waals surface area contributed by atoms with Gasteiger partial charge in [0, 0.05) is 19.3 Å². The zero-order chi connectivity index (χ0) is 16.9. The lowest BCUT2D eigenvalue weighted by Gasteiger charge is -2.10. The van der Waals surface area contributed by atoms with Gasteiger partial charge in [0.15, 0.2) is 0 Å². The van der Waals surface area contributed by atoms with Crippen LogP contribution in [-0.2, 0) is 10.0 Å². The van der Waals surface area contributed by atoms with Crippen molar-refractivity contribution < 1.29 is 8.42 Å². The summed E-state index contributed by atoms with van der Waals surface area (Å²) in [7, 11) is -3.78. The number of rotatable bonds is 6. The van der Waals surface area contributed by atoms with Crippen LogP contribution >= 0.6 is 23.2 Å². The molecule has 0 radical (unpaired) electrons. The Kier molecular flexibility index (Phi) is 5.80. The maximum absolute atomic E-state index is 12.2. The number of nitrogens with one attached hydrogen (secondary N) is 2. The van der Waals surface area contributed by atoms with E-state index in [0.717, 1.165) is 0 Å². The molecule has 0 aliphatic rings. The molecule has 0 amide bonds. The van der Waals surface area contributed by atoms with Crippen LogP contribution in [0.3, 0.4) is 0 Å². The lowest BCUT2D eigenvalue weighted by molar-refractivity contribution is 0.583. The molecule has 1 aromatic carbocycles. The lowest BCUT2D eigenvalue weighted by atomic mass is 10.3. The van der Waals surface area contributed by atoms with E-state index in [1.807, 2.05) is 6.07 Å². The molecule has 2 rings (SSSR count). The molecular weight excluding hydrogens is 359 g/mol. The first kappa shape index (κ1) is 17.5. The second-order valence-electron chi connectivity index (χ2n) is 4.39. The minimum atomic E-state index is -3.78. The molecule has 120 valence electrons. The molecular formula is C14H12Cl2N4O2S. The van der Waals surface area contributed by atoms with E-state index in [1.165, 1.54) is 18.2 Å². The van der Waals surface area contributed by atoms with E-state index < -0.39 is 10.0 Å². The van der Waals surface area contributed by atoms with Crippen molar-refractivity contribution in [1.29, 1.82) is 5.26 Å². The third-order valence-corrected chi connectivity index (χ3v) is 5.28. The summed E-state index contributed by atoms with van der Waals surface area (Å²) in [5.41, 5.74) is 0.383. The largest absolute Gasteiger partial charge is 0.368 e. The number of anilines is 1. The molecule has 6 nitrogen and oxygen atoms in total. The summed E-state index contributed by atoms with van der Waals surface area (Å²) < 4.78 is 26.8. The van der Waals surface area contributed by atoms with E-state index in [0.29, 0.717) is 11.4 Å². The SMILES string of the molecule is N#Cc1cccnc1NCCNS(=O)(=O)c1cccc(Cl)c1Cl. The molecule has 1 heterocycles. The van der Waals surface area contributed by atoms with Gasteiger partial charge in [-0.1, -0.05) is 29.3 Å². The topological polar surface area (TPSA) is 94.9 Å². The minimum absolute atomic E-state index is 0.0221. The predicted molar refractivity (Wildman–Crippen MR) is 89.1 cm³/mol. The number of nitrogens with zero attached hydrogens (tertiary/aromatic N) is 2. The monoisotopic (exact) mass is 370 g/mol. The molecule has 0 spiro atoms. The predicted octanol–water partition coefficient (Wildman–Crippen LogP) is 2.65. The molecule has 0 atom stereocenters. The van der Waals surface area contributed by atoms with Crippen LogP contribution in [-0.4, -0.2) is 26.5 Å². The van der Waals surface area contributed by atoms with Crippen LogP contribution in [0.4, 0.5) is 5.82 Å². The molecule has 1 aromatic heterocycles. The van der Waals surface area contributed by atoms with Crippen molar-refractivity contribution >= 4 is 39.0 Å². The smallest absolute Gasteiger partial charge is 0.242 e. The molecule has 0 saturated carbocycles. The molecule has 2 N–H and O–H groups in total. The number of hydrogen-bond acceptors (Lipinski definition) is 5. The molecule has 0 fully saturated rings. The Hall–Kier alpha value is -1.85. The number of pyridine rings is 1. The van der Waals surface area contributed by atoms with Crippen molar-refractivity contribution in [2.24, 2.45) is 0 Å². The molecule has 0 aliphatic heterocycles. The Morgan fingerprint density at radius 1 is 1.17 bits per heavy atom. The highest BCUT2D eigenvalue weighted by atomic mass is 35.5. The first-order valence-electron chi connectivity index (χ1n) is 6.48. The van der Waals surface area contributed by atoms with E-state index in [4.69, 9.17) is 28.5 Å². The number of aromatic nitrogens is 1. The molecule has 0 saturated heterocycles. The summed E-state index contributed by atoms with van der Waals surface area (Å²) in [6, 6.07) is 9.65. The standard InChI is InChI=1S/C14H12Cl2N4O2S/c15-11-4-1-5-12(13(11)16)23(21,22)20-8-7-19-14-10(9-17)3-2-6-18-14/h1-6,20H,7-8H2,(H,18,19). The third-order valence-electron chi connectivity index (χ3n) is 2.84. The van der Waals surface area contributed by atoms with Crippen LogP contribution in [0.1, 0.15) is 5.56 Å². The van der Waals surface area contributed by atoms with Gasteiger partial charge in [-0.15, -0.1) is 0 Å². The van der Waals surface area contributed by atoms with E-state index in [1.54, 1.807) is 18.3 Å². The molecule has 9 heteroatoms. The summed E-state index contributed by atoms with van der Waals surface area (Å²) in [4.78, 5) is 3.94. The van der Waals surface area contributed by atoms with Crippen LogP contribution in [0.25, 0.3) is 0 Å². The Labute approximate surface area is 144 Å². The fourth-order valence-corrected chi connectivity index (χ4v) is 3.56. The van der Waals surface area contributed by atoms with Gasteiger partial charge >= 0.3 is 0 Å². The van der Waals surface area contributed by atoms with Gasteiger partial charge in [0.05, 0.1) is 15.6 Å². The van der Waals surface area contributed by atoms with Crippen LogP contribution in [0, 0.1) is 11.3 Å². The molecule has 0 unspecified atom stereocenters. The third kappa shape index (κ3) is 4.33. The normalized spacial score (nSPS) is 11.0. The van der Waals surface area contributed by atoms with Gasteiger partial charge < -0.3 is 5.32 Å². The first-order valence-corrected chi connectivity index (χ1v) is 8.72. The highest BCUT2D eigenvalue weighted by Crippen LogP contribution is 2.28. The summed E-state index contributed by atoms with van der Waals surface area (Å²) in [5.74, 6) is 0.398. The van der Waals surface area contributed by atoms with Crippen LogP contribution in [0.15, 0.2) is 41.4 Å². The Balaban J connectivity index is 1.98. The number of nitriles is 1. The second kappa shape index (κ2) is 7.62. The van der Waals surface area contributed by atoms with Gasteiger partial charge in [0.1, 0.15) is 16.8 Å². The number of hydrogen-bond donors (Lipinski definition) is 2. The molecule has 0 bridgehead atoms. The first-order chi connectivity index (χ1) is 11.0. The quantitative estimate of drug-likeness (QED) is 0.762. The molecule has 23 heavy (non-hydrogen) atoms. The van der Waals surface area contributed by atoms with Crippen LogP contribution in [0.5, 0.6) is 0 Å². The zero-order valence-corrected chi connectivity index (χ0v) is 14.1. The average molecular weight is 371 g/mol. The molecule has 0 aliphatic carbocycles. The number of benzene rings is 1. The highest BCUT2D eigenvalue weighted by molar-refractivity contribution is 7.89. The Bertz CT molecular complexity index is 850. The summed E-state index contributed by atoms with van der Waals surface area (Å²) in [6.07, 6.45) is 1.54. The average Bonchev–Trinajstić information content (AvgIpc) is 2.54. The zero-order valence-electron chi connectivity index (χ0n) is 11.8. The van der Waals surface area contributed by atoms with Crippen molar-refractivity contribution in [3.8, 4) is 6.07 Å². The van der Waals surface area contributed by atoms with E-state index in [-0.39, 0.29) is 28.0 Å². The van der Waals surface area contributed by atoms with Gasteiger partial charge in [-0.25, -0.2) is 18.1 Å². The minimum Gasteiger partial charge on any atom is -0.368 e. The summed E-state index contributed by atoms with van der Waals surface area (Å²) >= 11 is 11.7. The van der Waals surface area contributed by atoms with Gasteiger partial charge in [-0.3, -0.25) is 0 Å². The summed E-state index contributed by atoms with van der Waals surface area (Å²) in [5, 5.41) is 12.0. The van der Waals surface area contributed by atoms with Crippen molar-refractivity contribution in [1.82, 2.24) is 9.71 Å². The highest BCUT2D eigenvalue weighted by Gasteiger charge is 2.18. The number of sulfonamides is 1. The van der Waals surface area contributed by atoms with Crippen molar-refractivity contribution in [3.63, 3.8) is 0 Å². The van der Waals surface area contributed by atoms with Gasteiger partial charge in [0.2, 0.25) is 10.0 Å². The fraction of sp³-hybridized carbons (Fsp3) is 0.143. The van der Waals surface area contributed by atoms with Gasteiger partial charge in [-0.2, -0.15) is 5.26 Å². The van der Waals surface area contributed by atoms with E-state index in [2.05, 4.69) is 15.0 Å². The number of halogens is 2. The fourth-order valence-electron chi connectivity index (χ4n) is 1.77.